The van der Waals surface area contributed by atoms with Crippen LogP contribution in [0, 0.1) is 0 Å². The van der Waals surface area contributed by atoms with Gasteiger partial charge >= 0.3 is 0 Å². The van der Waals surface area contributed by atoms with Crippen LogP contribution in [0.25, 0.3) is 0 Å². The van der Waals surface area contributed by atoms with Crippen molar-refractivity contribution < 1.29 is 0 Å². The van der Waals surface area contributed by atoms with Gasteiger partial charge in [-0.2, -0.15) is 0 Å². The van der Waals surface area contributed by atoms with E-state index in [4.69, 9.17) is 0 Å². The van der Waals surface area contributed by atoms with Gasteiger partial charge in [-0.25, -0.2) is 0 Å². The van der Waals surface area contributed by atoms with E-state index in [-0.39, 0.29) is 5.16 Å². The van der Waals surface area contributed by atoms with E-state index >= 15 is 0 Å². The number of rotatable bonds is 5. The average molecular weight is 256 g/mol. The summed E-state index contributed by atoms with van der Waals surface area (Å²) in [6, 6.07) is 21.6. The van der Waals surface area contributed by atoms with E-state index in [0.29, 0.717) is 0 Å². The van der Waals surface area contributed by atoms with Gasteiger partial charge in [0.25, 0.3) is 0 Å². The highest BCUT2D eigenvalue weighted by atomic mass is 31.0. The summed E-state index contributed by atoms with van der Waals surface area (Å²) >= 11 is 0. The van der Waals surface area contributed by atoms with Crippen molar-refractivity contribution in [2.45, 2.75) is 31.3 Å². The molecule has 18 heavy (non-hydrogen) atoms. The van der Waals surface area contributed by atoms with Crippen LogP contribution in [0.4, 0.5) is 0 Å². The SMILES string of the molecule is CCCCC(P)(c1ccccc1)c1ccccc1. The molecule has 0 fully saturated rings. The number of benzene rings is 2. The Bertz CT molecular complexity index is 422. The second-order valence-corrected chi connectivity index (χ2v) is 5.79. The summed E-state index contributed by atoms with van der Waals surface area (Å²) in [7, 11) is 3.09. The van der Waals surface area contributed by atoms with Gasteiger partial charge < -0.3 is 0 Å². The Hall–Kier alpha value is -1.13. The molecule has 0 heterocycles. The molecule has 1 atom stereocenters. The number of hydrogen-bond acceptors (Lipinski definition) is 0. The van der Waals surface area contributed by atoms with Crippen LogP contribution in [-0.2, 0) is 5.16 Å². The van der Waals surface area contributed by atoms with Crippen LogP contribution in [0.5, 0.6) is 0 Å². The topological polar surface area (TPSA) is 0 Å². The third-order valence-corrected chi connectivity index (χ3v) is 4.46. The first-order chi connectivity index (χ1) is 8.77. The lowest BCUT2D eigenvalue weighted by atomic mass is 9.86. The van der Waals surface area contributed by atoms with Gasteiger partial charge in [0.1, 0.15) is 0 Å². The van der Waals surface area contributed by atoms with E-state index in [0.717, 1.165) is 0 Å². The molecule has 0 amide bonds. The first-order valence-corrected chi connectivity index (χ1v) is 7.25. The molecule has 0 aliphatic rings. The molecule has 2 aromatic carbocycles. The predicted molar refractivity (Wildman–Crippen MR) is 82.9 cm³/mol. The van der Waals surface area contributed by atoms with Crippen LogP contribution < -0.4 is 0 Å². The van der Waals surface area contributed by atoms with Crippen molar-refractivity contribution >= 4 is 9.24 Å². The zero-order valence-corrected chi connectivity index (χ0v) is 12.1. The molecule has 0 aliphatic carbocycles. The zero-order valence-electron chi connectivity index (χ0n) is 11.0. The lowest BCUT2D eigenvalue weighted by Gasteiger charge is -2.31. The van der Waals surface area contributed by atoms with E-state index in [1.165, 1.54) is 30.4 Å². The minimum absolute atomic E-state index is 0.0541. The van der Waals surface area contributed by atoms with Crippen LogP contribution in [-0.4, -0.2) is 0 Å². The maximum absolute atomic E-state index is 3.09. The third-order valence-electron chi connectivity index (χ3n) is 3.50. The van der Waals surface area contributed by atoms with Gasteiger partial charge in [-0.15, -0.1) is 9.24 Å². The Morgan fingerprint density at radius 1 is 0.833 bits per heavy atom. The molecule has 0 radical (unpaired) electrons. The van der Waals surface area contributed by atoms with Crippen molar-refractivity contribution in [3.63, 3.8) is 0 Å². The molecule has 0 aromatic heterocycles. The van der Waals surface area contributed by atoms with Crippen LogP contribution in [0.3, 0.4) is 0 Å². The largest absolute Gasteiger partial charge is 0.122 e. The van der Waals surface area contributed by atoms with Gasteiger partial charge in [0.05, 0.1) is 0 Å². The average Bonchev–Trinajstić information content (AvgIpc) is 2.46. The van der Waals surface area contributed by atoms with Crippen LogP contribution in [0.15, 0.2) is 60.7 Å². The fraction of sp³-hybridized carbons (Fsp3) is 0.294. The number of hydrogen-bond donors (Lipinski definition) is 0. The maximum atomic E-state index is 3.09. The molecule has 0 saturated heterocycles. The van der Waals surface area contributed by atoms with E-state index < -0.39 is 0 Å². The van der Waals surface area contributed by atoms with Crippen molar-refractivity contribution in [3.05, 3.63) is 71.8 Å². The van der Waals surface area contributed by atoms with Gasteiger partial charge in [-0.3, -0.25) is 0 Å². The van der Waals surface area contributed by atoms with Crippen molar-refractivity contribution in [1.82, 2.24) is 0 Å². The summed E-state index contributed by atoms with van der Waals surface area (Å²) in [4.78, 5) is 0. The summed E-state index contributed by atoms with van der Waals surface area (Å²) in [5.41, 5.74) is 2.77. The molecule has 1 heteroatoms. The molecule has 2 rings (SSSR count). The molecule has 2 aromatic rings. The molecule has 0 bridgehead atoms. The van der Waals surface area contributed by atoms with E-state index in [2.05, 4.69) is 76.8 Å². The first kappa shape index (κ1) is 13.3. The van der Waals surface area contributed by atoms with Crippen molar-refractivity contribution in [1.29, 1.82) is 0 Å². The lowest BCUT2D eigenvalue weighted by molar-refractivity contribution is 0.608. The fourth-order valence-electron chi connectivity index (χ4n) is 2.38. The molecule has 0 nitrogen and oxygen atoms in total. The summed E-state index contributed by atoms with van der Waals surface area (Å²) in [5, 5.41) is 0.0541. The van der Waals surface area contributed by atoms with E-state index in [1.807, 2.05) is 0 Å². The van der Waals surface area contributed by atoms with E-state index in [9.17, 15) is 0 Å². The standard InChI is InChI=1S/C17H21P/c1-2-3-14-17(18,15-10-6-4-7-11-15)16-12-8-5-9-13-16/h4-13H,2-3,14,18H2,1H3. The minimum atomic E-state index is 0.0541. The third kappa shape index (κ3) is 2.82. The second-order valence-electron chi connectivity index (χ2n) is 4.81. The summed E-state index contributed by atoms with van der Waals surface area (Å²) < 4.78 is 0. The van der Waals surface area contributed by atoms with Gasteiger partial charge in [-0.1, -0.05) is 80.4 Å². The highest BCUT2D eigenvalue weighted by Crippen LogP contribution is 2.42. The Morgan fingerprint density at radius 3 is 1.67 bits per heavy atom. The highest BCUT2D eigenvalue weighted by molar-refractivity contribution is 7.19. The molecule has 94 valence electrons. The van der Waals surface area contributed by atoms with Gasteiger partial charge in [0.15, 0.2) is 0 Å². The summed E-state index contributed by atoms with van der Waals surface area (Å²) in [6.45, 7) is 2.25. The maximum Gasteiger partial charge on any atom is 0.0344 e. The quantitative estimate of drug-likeness (QED) is 0.661. The zero-order chi connectivity index (χ0) is 12.8. The highest BCUT2D eigenvalue weighted by Gasteiger charge is 2.27. The van der Waals surface area contributed by atoms with Gasteiger partial charge in [0.2, 0.25) is 0 Å². The molecule has 0 spiro atoms. The summed E-state index contributed by atoms with van der Waals surface area (Å²) in [6.07, 6.45) is 3.64. The first-order valence-electron chi connectivity index (χ1n) is 6.67. The molecule has 0 N–H and O–H groups in total. The van der Waals surface area contributed by atoms with Crippen LogP contribution >= 0.6 is 9.24 Å². The predicted octanol–water partition coefficient (Wildman–Crippen LogP) is 5.00. The normalized spacial score (nSPS) is 11.4. The molecule has 0 saturated carbocycles. The fourth-order valence-corrected chi connectivity index (χ4v) is 2.97. The number of unbranched alkanes of at least 4 members (excludes halogenated alkanes) is 1. The van der Waals surface area contributed by atoms with Crippen molar-refractivity contribution in [3.8, 4) is 0 Å². The smallest absolute Gasteiger partial charge is 0.0344 e. The Morgan fingerprint density at radius 2 is 1.28 bits per heavy atom. The molecule has 0 aliphatic heterocycles. The Balaban J connectivity index is 2.41. The molecular weight excluding hydrogens is 235 g/mol. The van der Waals surface area contributed by atoms with Gasteiger partial charge in [-0.05, 0) is 17.5 Å². The Labute approximate surface area is 113 Å². The molecule has 1 unspecified atom stereocenters. The van der Waals surface area contributed by atoms with Crippen molar-refractivity contribution in [2.75, 3.05) is 0 Å². The monoisotopic (exact) mass is 256 g/mol. The Kier molecular flexibility index (Phi) is 4.55. The van der Waals surface area contributed by atoms with Crippen molar-refractivity contribution in [2.24, 2.45) is 0 Å². The van der Waals surface area contributed by atoms with Crippen LogP contribution in [0.2, 0.25) is 0 Å². The lowest BCUT2D eigenvalue weighted by Crippen LogP contribution is -2.19. The van der Waals surface area contributed by atoms with Gasteiger partial charge in [0, 0.05) is 5.16 Å². The van der Waals surface area contributed by atoms with E-state index in [1.54, 1.807) is 0 Å². The van der Waals surface area contributed by atoms with Crippen LogP contribution in [0.1, 0.15) is 37.3 Å². The summed E-state index contributed by atoms with van der Waals surface area (Å²) in [5.74, 6) is 0. The minimum Gasteiger partial charge on any atom is -0.122 e. The second kappa shape index (κ2) is 6.16. The molecular formula is C17H21P.